The molecule has 0 atom stereocenters. The number of fused-ring (bicyclic) bond motifs is 10. The predicted molar refractivity (Wildman–Crippen MR) is 467 cm³/mol. The number of nitrogens with zero attached hydrogens (tertiary/aromatic N) is 2. The SMILES string of the molecule is CC(C)(C)c1ccc(-c2cc3c4c(c2)N(c2c(-c5cccc6oc7ccccc7c56)cc(C(C)(C)C)cc2-c2cccc5oc6ccccc6c25)c2ccc(-c5cc(-c6ccccc6)cc(C(C)(C)C)c5)cc2B4c2ccc(C(C)(C)C)cc2N3c2c(-c3ccccc3)cc(C(C)(C)C)cc2-c2ccccc2)cc1. The number of benzene rings is 14. The molecule has 534 valence electrons. The molecule has 0 radical (unpaired) electrons. The van der Waals surface area contributed by atoms with Crippen LogP contribution in [0.25, 0.3) is 122 Å². The molecule has 0 amide bonds. The molecule has 0 bridgehead atoms. The van der Waals surface area contributed by atoms with Crippen LogP contribution < -0.4 is 26.2 Å². The van der Waals surface area contributed by atoms with Gasteiger partial charge in [-0.3, -0.25) is 0 Å². The zero-order valence-electron chi connectivity index (χ0n) is 65.5. The summed E-state index contributed by atoms with van der Waals surface area (Å²) < 4.78 is 14.0. The number of hydrogen-bond donors (Lipinski definition) is 0. The van der Waals surface area contributed by atoms with Gasteiger partial charge >= 0.3 is 0 Å². The Balaban J connectivity index is 1.07. The summed E-state index contributed by atoms with van der Waals surface area (Å²) in [6, 6.07) is 111. The van der Waals surface area contributed by atoms with Crippen LogP contribution >= 0.6 is 0 Å². The number of furan rings is 2. The van der Waals surface area contributed by atoms with Crippen LogP contribution in [0.1, 0.15) is 132 Å². The van der Waals surface area contributed by atoms with E-state index >= 15 is 0 Å². The van der Waals surface area contributed by atoms with Gasteiger partial charge in [0.2, 0.25) is 0 Å². The van der Waals surface area contributed by atoms with E-state index in [4.69, 9.17) is 8.83 Å². The van der Waals surface area contributed by atoms with E-state index in [1.165, 1.54) is 60.9 Å². The predicted octanol–water partition coefficient (Wildman–Crippen LogP) is 27.7. The van der Waals surface area contributed by atoms with E-state index in [9.17, 15) is 0 Å². The van der Waals surface area contributed by atoms with Crippen LogP contribution in [-0.2, 0) is 27.1 Å². The lowest BCUT2D eigenvalue weighted by Gasteiger charge is -2.46. The van der Waals surface area contributed by atoms with E-state index in [-0.39, 0.29) is 33.8 Å². The number of para-hydroxylation sites is 2. The maximum Gasteiger partial charge on any atom is 0.252 e. The van der Waals surface area contributed by atoms with Crippen LogP contribution in [0, 0.1) is 0 Å². The smallest absolute Gasteiger partial charge is 0.252 e. The fourth-order valence-corrected chi connectivity index (χ4v) is 17.2. The third-order valence-corrected chi connectivity index (χ3v) is 23.2. The Labute approximate surface area is 643 Å². The molecule has 0 unspecified atom stereocenters. The van der Waals surface area contributed by atoms with Crippen LogP contribution in [0.2, 0.25) is 0 Å². The van der Waals surface area contributed by atoms with Crippen LogP contribution in [0.4, 0.5) is 34.1 Å². The van der Waals surface area contributed by atoms with Gasteiger partial charge in [-0.15, -0.1) is 0 Å². The highest BCUT2D eigenvalue weighted by molar-refractivity contribution is 7.00. The summed E-state index contributed by atoms with van der Waals surface area (Å²) in [4.78, 5) is 5.46. The fourth-order valence-electron chi connectivity index (χ4n) is 17.2. The highest BCUT2D eigenvalue weighted by atomic mass is 16.3. The van der Waals surface area contributed by atoms with Gasteiger partial charge in [0.15, 0.2) is 0 Å². The molecule has 0 N–H and O–H groups in total. The fraction of sp³-hybridized carbons (Fsp3) is 0.192. The van der Waals surface area contributed by atoms with E-state index < -0.39 is 0 Å². The molecular weight excluding hydrogens is 1320 g/mol. The van der Waals surface area contributed by atoms with Gasteiger partial charge in [-0.1, -0.05) is 316 Å². The Morgan fingerprint density at radius 2 is 0.615 bits per heavy atom. The van der Waals surface area contributed by atoms with Crippen molar-refractivity contribution in [2.75, 3.05) is 9.80 Å². The topological polar surface area (TPSA) is 32.8 Å². The number of hydrogen-bond acceptors (Lipinski definition) is 4. The van der Waals surface area contributed by atoms with Gasteiger partial charge < -0.3 is 18.6 Å². The first-order valence-electron chi connectivity index (χ1n) is 38.9. The molecule has 0 fully saturated rings. The molecule has 2 aliphatic rings. The van der Waals surface area contributed by atoms with Gasteiger partial charge in [-0.25, -0.2) is 0 Å². The number of anilines is 6. The average Bonchev–Trinajstić information content (AvgIpc) is 1.01. The Kier molecular flexibility index (Phi) is 16.2. The van der Waals surface area contributed by atoms with Gasteiger partial charge in [0.05, 0.1) is 11.4 Å². The van der Waals surface area contributed by atoms with E-state index in [1.807, 2.05) is 0 Å². The van der Waals surface area contributed by atoms with Crippen LogP contribution in [0.15, 0.2) is 300 Å². The molecule has 0 aliphatic carbocycles. The van der Waals surface area contributed by atoms with Crippen molar-refractivity contribution in [1.82, 2.24) is 0 Å². The zero-order valence-corrected chi connectivity index (χ0v) is 65.5. The standard InChI is InChI=1S/C104H93BN2O2/c1-100(2,3)72-48-45-65(46-49-72)71-57-89-97-90(58-71)107(98-81(66-33-21-17-22-34-66)59-75(103(10,11)12)60-82(98)67-35-23-18-24-36-67)88-63-73(101(4,5)6)50-51-85(88)105(97)86-56-68(70-53-69(64-31-19-16-20-32-64)54-74(55-70)102(7,8)9)47-52-87(86)106(89)99-83(77-39-29-43-93-95(77)79-37-25-27-41-91(79)108-93)61-76(104(13,14)15)62-84(99)78-40-30-44-94-96(78)80-38-26-28-42-92(80)109-94/h16-63H,1-15H3. The highest BCUT2D eigenvalue weighted by Gasteiger charge is 2.47. The summed E-state index contributed by atoms with van der Waals surface area (Å²) in [7, 11) is 0. The molecule has 109 heavy (non-hydrogen) atoms. The average molecular weight is 1410 g/mol. The van der Waals surface area contributed by atoms with Crippen LogP contribution in [0.5, 0.6) is 0 Å². The lowest BCUT2D eigenvalue weighted by molar-refractivity contribution is 0.590. The van der Waals surface area contributed by atoms with Crippen molar-refractivity contribution >= 4 is 101 Å². The van der Waals surface area contributed by atoms with Crippen molar-refractivity contribution in [2.45, 2.75) is 131 Å². The van der Waals surface area contributed by atoms with Crippen LogP contribution in [0.3, 0.4) is 0 Å². The lowest BCUT2D eigenvalue weighted by Crippen LogP contribution is -2.61. The second-order valence-electron chi connectivity index (χ2n) is 35.7. The van der Waals surface area contributed by atoms with E-state index in [1.54, 1.807) is 0 Å². The van der Waals surface area contributed by atoms with Crippen molar-refractivity contribution in [3.8, 4) is 77.9 Å². The second-order valence-corrected chi connectivity index (χ2v) is 35.7. The Hall–Kier alpha value is -11.7. The molecule has 14 aromatic carbocycles. The molecule has 0 saturated carbocycles. The van der Waals surface area contributed by atoms with Crippen molar-refractivity contribution < 1.29 is 8.83 Å². The minimum absolute atomic E-state index is 0.0747. The molecule has 0 spiro atoms. The highest BCUT2D eigenvalue weighted by Crippen LogP contribution is 2.57. The maximum absolute atomic E-state index is 6.98. The third-order valence-electron chi connectivity index (χ3n) is 23.2. The molecule has 4 heterocycles. The molecule has 5 heteroatoms. The first-order valence-corrected chi connectivity index (χ1v) is 38.9. The van der Waals surface area contributed by atoms with E-state index in [2.05, 4.69) is 405 Å². The molecule has 18 rings (SSSR count). The molecule has 16 aromatic rings. The zero-order chi connectivity index (χ0) is 75.4. The quantitative estimate of drug-likeness (QED) is 0.135. The first-order chi connectivity index (χ1) is 52.2. The monoisotopic (exact) mass is 1410 g/mol. The largest absolute Gasteiger partial charge is 0.456 e. The molecular formula is C104H93BN2O2. The third kappa shape index (κ3) is 11.9. The molecule has 4 nitrogen and oxygen atoms in total. The Bertz CT molecular complexity index is 6100. The van der Waals surface area contributed by atoms with Gasteiger partial charge in [0.25, 0.3) is 6.71 Å². The molecule has 0 saturated heterocycles. The summed E-state index contributed by atoms with van der Waals surface area (Å²) >= 11 is 0. The van der Waals surface area contributed by atoms with Gasteiger partial charge in [0, 0.05) is 66.5 Å². The summed E-state index contributed by atoms with van der Waals surface area (Å²) in [6.07, 6.45) is 0. The van der Waals surface area contributed by atoms with Crippen molar-refractivity contribution in [1.29, 1.82) is 0 Å². The summed E-state index contributed by atoms with van der Waals surface area (Å²) in [5, 5.41) is 4.29. The van der Waals surface area contributed by atoms with Crippen molar-refractivity contribution in [3.63, 3.8) is 0 Å². The minimum Gasteiger partial charge on any atom is -0.456 e. The van der Waals surface area contributed by atoms with E-state index in [0.717, 1.165) is 139 Å². The molecule has 2 aromatic heterocycles. The van der Waals surface area contributed by atoms with Crippen LogP contribution in [-0.4, -0.2) is 6.71 Å². The molecule has 2 aliphatic heterocycles. The Morgan fingerprint density at radius 1 is 0.229 bits per heavy atom. The summed E-state index contributed by atoms with van der Waals surface area (Å²) in [6.45, 7) is 34.9. The number of rotatable bonds is 9. The Morgan fingerprint density at radius 3 is 1.11 bits per heavy atom. The minimum atomic E-state index is -0.315. The normalized spacial score (nSPS) is 13.2. The summed E-state index contributed by atoms with van der Waals surface area (Å²) in [5.74, 6) is 0. The van der Waals surface area contributed by atoms with Crippen molar-refractivity contribution in [3.05, 3.63) is 319 Å². The van der Waals surface area contributed by atoms with Gasteiger partial charge in [-0.2, -0.15) is 0 Å². The summed E-state index contributed by atoms with van der Waals surface area (Å²) in [5.41, 5.74) is 35.0. The van der Waals surface area contributed by atoms with E-state index in [0.29, 0.717) is 0 Å². The van der Waals surface area contributed by atoms with Gasteiger partial charge in [0.1, 0.15) is 22.3 Å². The second kappa shape index (κ2) is 25.5. The maximum atomic E-state index is 6.98. The lowest BCUT2D eigenvalue weighted by atomic mass is 9.33. The first kappa shape index (κ1) is 69.1. The van der Waals surface area contributed by atoms with Gasteiger partial charge in [-0.05, 0) is 206 Å². The van der Waals surface area contributed by atoms with Crippen molar-refractivity contribution in [2.24, 2.45) is 0 Å².